The summed E-state index contributed by atoms with van der Waals surface area (Å²) in [5.41, 5.74) is 10.7. The number of rotatable bonds is 4. The summed E-state index contributed by atoms with van der Waals surface area (Å²) < 4.78 is 2.42. The summed E-state index contributed by atoms with van der Waals surface area (Å²) in [6.07, 6.45) is 10.1. The van der Waals surface area contributed by atoms with Crippen LogP contribution in [0.25, 0.3) is 59.8 Å². The number of allylic oxidation sites excluding steroid dienone is 4. The minimum Gasteiger partial charge on any atom is -0.328 e. The fourth-order valence-corrected chi connectivity index (χ4v) is 11.7. The van der Waals surface area contributed by atoms with Crippen LogP contribution in [0.1, 0.15) is 38.8 Å². The molecule has 2 heteroatoms. The number of benzene rings is 8. The van der Waals surface area contributed by atoms with Crippen molar-refractivity contribution in [2.75, 3.05) is 4.90 Å². The third-order valence-electron chi connectivity index (χ3n) is 14.2. The molecule has 1 heterocycles. The van der Waals surface area contributed by atoms with Gasteiger partial charge in [-0.2, -0.15) is 0 Å². The van der Waals surface area contributed by atoms with Gasteiger partial charge >= 0.3 is 0 Å². The second-order valence-corrected chi connectivity index (χ2v) is 17.4. The Morgan fingerprint density at radius 1 is 0.483 bits per heavy atom. The standard InChI is InChI=1S/C56H44N2/c1-36-30-31-54(2)47-21-12-15-39-16-13-22-48(51(39)47)55(3)32-33-56(4,52(36)53(54)55)58(41-27-26-38-25-24-37-14-8-9-19-43(37)45(38)34-41)42-28-29-50-46(35-42)44-20-10-11-23-49(44)57(50)40-17-6-5-7-18-40/h5-36H,1-4H3. The van der Waals surface area contributed by atoms with Crippen LogP contribution >= 0.6 is 0 Å². The van der Waals surface area contributed by atoms with E-state index in [2.05, 4.69) is 225 Å². The van der Waals surface area contributed by atoms with E-state index in [-0.39, 0.29) is 16.7 Å². The lowest BCUT2D eigenvalue weighted by Crippen LogP contribution is -2.54. The zero-order valence-electron chi connectivity index (χ0n) is 33.4. The summed E-state index contributed by atoms with van der Waals surface area (Å²) in [5, 5.41) is 10.3. The smallest absolute Gasteiger partial charge is 0.0827 e. The van der Waals surface area contributed by atoms with E-state index in [1.165, 1.54) is 93.5 Å². The van der Waals surface area contributed by atoms with Gasteiger partial charge < -0.3 is 9.47 Å². The number of para-hydroxylation sites is 2. The highest BCUT2D eigenvalue weighted by molar-refractivity contribution is 6.11. The summed E-state index contributed by atoms with van der Waals surface area (Å²) in [6, 6.07) is 61.1. The topological polar surface area (TPSA) is 8.17 Å². The van der Waals surface area contributed by atoms with E-state index in [4.69, 9.17) is 0 Å². The van der Waals surface area contributed by atoms with Crippen LogP contribution in [-0.4, -0.2) is 10.1 Å². The molecule has 3 aliphatic carbocycles. The molecule has 278 valence electrons. The summed E-state index contributed by atoms with van der Waals surface area (Å²) in [4.78, 5) is 2.66. The van der Waals surface area contributed by atoms with Crippen molar-refractivity contribution < 1.29 is 0 Å². The van der Waals surface area contributed by atoms with Crippen molar-refractivity contribution in [3.8, 4) is 5.69 Å². The maximum absolute atomic E-state index is 2.66. The van der Waals surface area contributed by atoms with E-state index in [0.29, 0.717) is 0 Å². The van der Waals surface area contributed by atoms with Gasteiger partial charge in [0.2, 0.25) is 0 Å². The minimum absolute atomic E-state index is 0.217. The molecule has 3 aliphatic rings. The lowest BCUT2D eigenvalue weighted by Gasteiger charge is -2.57. The van der Waals surface area contributed by atoms with E-state index in [9.17, 15) is 0 Å². The maximum atomic E-state index is 2.66. The van der Waals surface area contributed by atoms with Gasteiger partial charge in [0.1, 0.15) is 0 Å². The van der Waals surface area contributed by atoms with Gasteiger partial charge in [0.15, 0.2) is 0 Å². The van der Waals surface area contributed by atoms with Crippen molar-refractivity contribution in [2.45, 2.75) is 44.1 Å². The largest absolute Gasteiger partial charge is 0.328 e. The minimum atomic E-state index is -0.510. The fourth-order valence-electron chi connectivity index (χ4n) is 11.7. The predicted molar refractivity (Wildman–Crippen MR) is 246 cm³/mol. The molecule has 0 saturated heterocycles. The van der Waals surface area contributed by atoms with Crippen molar-refractivity contribution >= 4 is 65.5 Å². The lowest BCUT2D eigenvalue weighted by molar-refractivity contribution is 0.453. The normalized spacial score (nSPS) is 23.3. The van der Waals surface area contributed by atoms with E-state index in [0.717, 1.165) is 0 Å². The Morgan fingerprint density at radius 3 is 1.84 bits per heavy atom. The van der Waals surface area contributed by atoms with Crippen LogP contribution in [0.4, 0.5) is 11.4 Å². The van der Waals surface area contributed by atoms with Crippen molar-refractivity contribution in [2.24, 2.45) is 5.92 Å². The van der Waals surface area contributed by atoms with Gasteiger partial charge in [-0.3, -0.25) is 0 Å². The van der Waals surface area contributed by atoms with Crippen LogP contribution < -0.4 is 4.90 Å². The van der Waals surface area contributed by atoms with Crippen LogP contribution in [0.2, 0.25) is 0 Å². The highest BCUT2D eigenvalue weighted by Gasteiger charge is 2.55. The van der Waals surface area contributed by atoms with Crippen molar-refractivity contribution in [1.29, 1.82) is 0 Å². The number of nitrogens with zero attached hydrogens (tertiary/aromatic N) is 2. The Kier molecular flexibility index (Phi) is 6.76. The zero-order chi connectivity index (χ0) is 39.0. The molecule has 0 N–H and O–H groups in total. The fraction of sp³-hybridized carbons (Fsp3) is 0.143. The molecule has 0 bridgehead atoms. The molecule has 9 aromatic rings. The molecule has 0 spiro atoms. The first-order valence-electron chi connectivity index (χ1n) is 20.8. The molecule has 58 heavy (non-hydrogen) atoms. The van der Waals surface area contributed by atoms with Crippen LogP contribution in [0.15, 0.2) is 199 Å². The van der Waals surface area contributed by atoms with Crippen LogP contribution in [0.5, 0.6) is 0 Å². The van der Waals surface area contributed by atoms with Crippen LogP contribution in [0, 0.1) is 5.92 Å². The molecular formula is C56H44N2. The third-order valence-corrected chi connectivity index (χ3v) is 14.2. The molecule has 2 nitrogen and oxygen atoms in total. The second kappa shape index (κ2) is 11.7. The molecule has 8 aromatic carbocycles. The average Bonchev–Trinajstić information content (AvgIpc) is 3.59. The summed E-state index contributed by atoms with van der Waals surface area (Å²) in [6.45, 7) is 9.85. The Labute approximate surface area is 339 Å². The second-order valence-electron chi connectivity index (χ2n) is 17.4. The number of fused-ring (bicyclic) bond motifs is 8. The Hall–Kier alpha value is -6.64. The number of hydrogen-bond donors (Lipinski definition) is 0. The number of hydrogen-bond acceptors (Lipinski definition) is 1. The van der Waals surface area contributed by atoms with E-state index < -0.39 is 5.54 Å². The van der Waals surface area contributed by atoms with Gasteiger partial charge in [-0.15, -0.1) is 0 Å². The van der Waals surface area contributed by atoms with Crippen molar-refractivity contribution in [1.82, 2.24) is 4.57 Å². The molecule has 0 saturated carbocycles. The van der Waals surface area contributed by atoms with Crippen molar-refractivity contribution in [3.05, 3.63) is 210 Å². The zero-order valence-corrected chi connectivity index (χ0v) is 33.4. The Morgan fingerprint density at radius 2 is 1.07 bits per heavy atom. The molecule has 12 rings (SSSR count). The SMILES string of the molecule is CC1C=CC2(C)C3=C1C(C)(N(c1ccc4ccc5ccccc5c4c1)c1ccc4c(c1)c1ccccc1n4-c1ccccc1)C=CC3(C)c1cccc3cccc2c13. The molecule has 0 amide bonds. The maximum Gasteiger partial charge on any atom is 0.0827 e. The van der Waals surface area contributed by atoms with E-state index in [1.54, 1.807) is 0 Å². The first-order valence-corrected chi connectivity index (χ1v) is 20.8. The first kappa shape index (κ1) is 33.5. The number of anilines is 2. The quantitative estimate of drug-likeness (QED) is 0.129. The molecule has 4 atom stereocenters. The predicted octanol–water partition coefficient (Wildman–Crippen LogP) is 14.4. The lowest BCUT2D eigenvalue weighted by atomic mass is 9.49. The monoisotopic (exact) mass is 744 g/mol. The highest BCUT2D eigenvalue weighted by Crippen LogP contribution is 2.62. The summed E-state index contributed by atoms with van der Waals surface area (Å²) in [7, 11) is 0. The average molecular weight is 745 g/mol. The van der Waals surface area contributed by atoms with Gasteiger partial charge in [0.25, 0.3) is 0 Å². The highest BCUT2D eigenvalue weighted by atomic mass is 15.2. The van der Waals surface area contributed by atoms with Crippen molar-refractivity contribution in [3.63, 3.8) is 0 Å². The van der Waals surface area contributed by atoms with E-state index >= 15 is 0 Å². The molecule has 4 unspecified atom stereocenters. The van der Waals surface area contributed by atoms with Gasteiger partial charge in [0.05, 0.1) is 16.6 Å². The third kappa shape index (κ3) is 4.33. The van der Waals surface area contributed by atoms with Gasteiger partial charge in [0, 0.05) is 38.7 Å². The molecular weight excluding hydrogens is 701 g/mol. The van der Waals surface area contributed by atoms with Crippen LogP contribution in [-0.2, 0) is 10.8 Å². The summed E-state index contributed by atoms with van der Waals surface area (Å²) in [5.74, 6) is 0.217. The molecule has 0 radical (unpaired) electrons. The van der Waals surface area contributed by atoms with Gasteiger partial charge in [-0.25, -0.2) is 0 Å². The van der Waals surface area contributed by atoms with Gasteiger partial charge in [-0.1, -0.05) is 146 Å². The Bertz CT molecular complexity index is 3260. The van der Waals surface area contributed by atoms with Crippen LogP contribution in [0.3, 0.4) is 0 Å². The molecule has 0 fully saturated rings. The summed E-state index contributed by atoms with van der Waals surface area (Å²) >= 11 is 0. The van der Waals surface area contributed by atoms with Gasteiger partial charge in [-0.05, 0) is 130 Å². The Balaban J connectivity index is 1.17. The van der Waals surface area contributed by atoms with E-state index in [1.807, 2.05) is 0 Å². The first-order chi connectivity index (χ1) is 28.3. The number of aromatic nitrogens is 1. The molecule has 0 aliphatic heterocycles. The molecule has 1 aromatic heterocycles.